The van der Waals surface area contributed by atoms with E-state index in [0.717, 1.165) is 5.56 Å². The van der Waals surface area contributed by atoms with E-state index < -0.39 is 5.60 Å². The first-order chi connectivity index (χ1) is 9.14. The normalized spacial score (nSPS) is 23.6. The molecule has 0 amide bonds. The lowest BCUT2D eigenvalue weighted by atomic mass is 9.68. The Bertz CT molecular complexity index is 478. The summed E-state index contributed by atoms with van der Waals surface area (Å²) < 4.78 is 15.9. The molecule has 1 fully saturated rings. The Morgan fingerprint density at radius 2 is 2.00 bits per heavy atom. The predicted octanol–water partition coefficient (Wildman–Crippen LogP) is 1.84. The molecule has 1 saturated heterocycles. The zero-order valence-corrected chi connectivity index (χ0v) is 11.0. The van der Waals surface area contributed by atoms with Gasteiger partial charge in [0.1, 0.15) is 11.9 Å². The van der Waals surface area contributed by atoms with Crippen LogP contribution in [-0.2, 0) is 20.6 Å². The highest BCUT2D eigenvalue weighted by Crippen LogP contribution is 2.46. The summed E-state index contributed by atoms with van der Waals surface area (Å²) in [6.45, 7) is 3.24. The van der Waals surface area contributed by atoms with Crippen LogP contribution in [-0.4, -0.2) is 30.7 Å². The molecule has 2 aliphatic heterocycles. The van der Waals surface area contributed by atoms with E-state index in [9.17, 15) is 5.11 Å². The molecule has 0 aliphatic carbocycles. The first kappa shape index (κ1) is 12.5. The molecule has 0 bridgehead atoms. The molecule has 0 radical (unpaired) electrons. The summed E-state index contributed by atoms with van der Waals surface area (Å²) in [4.78, 5) is 0. The lowest BCUT2D eigenvalue weighted by molar-refractivity contribution is -0.209. The van der Waals surface area contributed by atoms with Crippen molar-refractivity contribution in [2.24, 2.45) is 5.41 Å². The molecule has 0 saturated carbocycles. The molecule has 0 spiro atoms. The molecule has 0 aromatic heterocycles. The number of benzene rings is 1. The van der Waals surface area contributed by atoms with Crippen LogP contribution in [0.1, 0.15) is 12.5 Å². The Morgan fingerprint density at radius 1 is 1.26 bits per heavy atom. The highest BCUT2D eigenvalue weighted by atomic mass is 16.7. The summed E-state index contributed by atoms with van der Waals surface area (Å²) in [5, 5.41) is 11.2. The third-order valence-corrected chi connectivity index (χ3v) is 4.02. The van der Waals surface area contributed by atoms with Crippen LogP contribution in [0.2, 0.25) is 0 Å². The van der Waals surface area contributed by atoms with Gasteiger partial charge in [-0.3, -0.25) is 0 Å². The number of aliphatic hydroxyl groups is 1. The quantitative estimate of drug-likeness (QED) is 0.899. The Labute approximate surface area is 112 Å². The second-order valence-corrected chi connectivity index (χ2v) is 5.49. The van der Waals surface area contributed by atoms with E-state index in [1.165, 1.54) is 6.26 Å². The predicted molar refractivity (Wildman–Crippen MR) is 69.1 cm³/mol. The molecule has 19 heavy (non-hydrogen) atoms. The van der Waals surface area contributed by atoms with E-state index in [0.29, 0.717) is 25.4 Å². The van der Waals surface area contributed by atoms with Crippen LogP contribution in [0.15, 0.2) is 42.4 Å². The third-order valence-electron chi connectivity index (χ3n) is 4.02. The van der Waals surface area contributed by atoms with E-state index in [-0.39, 0.29) is 12.2 Å². The maximum absolute atomic E-state index is 11.2. The van der Waals surface area contributed by atoms with Crippen molar-refractivity contribution < 1.29 is 19.3 Å². The lowest BCUT2D eigenvalue weighted by Crippen LogP contribution is -2.60. The van der Waals surface area contributed by atoms with Gasteiger partial charge in [-0.1, -0.05) is 37.3 Å². The SMILES string of the molecule is CC1(C(O)(Cc2ccccc2)C2=COCO2)COC1. The molecule has 4 nitrogen and oxygen atoms in total. The fourth-order valence-electron chi connectivity index (χ4n) is 2.59. The van der Waals surface area contributed by atoms with Crippen molar-refractivity contribution in [2.45, 2.75) is 18.9 Å². The number of hydrogen-bond donors (Lipinski definition) is 1. The summed E-state index contributed by atoms with van der Waals surface area (Å²) in [6.07, 6.45) is 2.01. The van der Waals surface area contributed by atoms with Gasteiger partial charge in [0.05, 0.1) is 18.6 Å². The molecular weight excluding hydrogens is 244 g/mol. The van der Waals surface area contributed by atoms with Crippen molar-refractivity contribution in [2.75, 3.05) is 20.0 Å². The molecule has 1 atom stereocenters. The van der Waals surface area contributed by atoms with Crippen LogP contribution in [0.4, 0.5) is 0 Å². The van der Waals surface area contributed by atoms with Crippen LogP contribution < -0.4 is 0 Å². The molecule has 2 heterocycles. The van der Waals surface area contributed by atoms with Crippen LogP contribution in [0.25, 0.3) is 0 Å². The summed E-state index contributed by atoms with van der Waals surface area (Å²) in [5.41, 5.74) is -0.375. The summed E-state index contributed by atoms with van der Waals surface area (Å²) in [7, 11) is 0. The van der Waals surface area contributed by atoms with Gasteiger partial charge in [0.2, 0.25) is 6.79 Å². The van der Waals surface area contributed by atoms with E-state index >= 15 is 0 Å². The Kier molecular flexibility index (Phi) is 2.99. The number of hydrogen-bond acceptors (Lipinski definition) is 4. The molecular formula is C15H18O4. The fourth-order valence-corrected chi connectivity index (χ4v) is 2.59. The minimum Gasteiger partial charge on any atom is -0.461 e. The first-order valence-corrected chi connectivity index (χ1v) is 6.43. The van der Waals surface area contributed by atoms with Crippen molar-refractivity contribution in [3.05, 3.63) is 47.9 Å². The summed E-state index contributed by atoms with van der Waals surface area (Å²) in [5.74, 6) is 0.502. The molecule has 1 aromatic carbocycles. The second-order valence-electron chi connectivity index (χ2n) is 5.49. The average Bonchev–Trinajstić information content (AvgIpc) is 2.91. The Morgan fingerprint density at radius 3 is 2.53 bits per heavy atom. The molecule has 4 heteroatoms. The van der Waals surface area contributed by atoms with Crippen molar-refractivity contribution in [3.63, 3.8) is 0 Å². The molecule has 3 rings (SSSR count). The highest BCUT2D eigenvalue weighted by molar-refractivity contribution is 5.26. The van der Waals surface area contributed by atoms with Crippen LogP contribution in [0.5, 0.6) is 0 Å². The van der Waals surface area contributed by atoms with E-state index in [4.69, 9.17) is 14.2 Å². The lowest BCUT2D eigenvalue weighted by Gasteiger charge is -2.50. The van der Waals surface area contributed by atoms with E-state index in [2.05, 4.69) is 0 Å². The fraction of sp³-hybridized carbons (Fsp3) is 0.467. The van der Waals surface area contributed by atoms with Gasteiger partial charge < -0.3 is 19.3 Å². The van der Waals surface area contributed by atoms with Gasteiger partial charge in [-0.15, -0.1) is 0 Å². The molecule has 2 aliphatic rings. The van der Waals surface area contributed by atoms with Gasteiger partial charge in [-0.2, -0.15) is 0 Å². The minimum atomic E-state index is -1.09. The topological polar surface area (TPSA) is 47.9 Å². The zero-order chi connectivity index (χ0) is 13.3. The van der Waals surface area contributed by atoms with Crippen LogP contribution >= 0.6 is 0 Å². The van der Waals surface area contributed by atoms with Crippen molar-refractivity contribution in [3.8, 4) is 0 Å². The highest BCUT2D eigenvalue weighted by Gasteiger charge is 2.56. The Hall–Kier alpha value is -1.52. The molecule has 102 valence electrons. The maximum atomic E-state index is 11.2. The largest absolute Gasteiger partial charge is 0.461 e. The van der Waals surface area contributed by atoms with Gasteiger partial charge in [0.15, 0.2) is 5.76 Å². The second kappa shape index (κ2) is 4.54. The van der Waals surface area contributed by atoms with Crippen LogP contribution in [0.3, 0.4) is 0 Å². The van der Waals surface area contributed by atoms with E-state index in [1.54, 1.807) is 0 Å². The standard InChI is InChI=1S/C15H18O4/c1-14(9-18-10-14)15(16,13-8-17-11-19-13)7-12-5-3-2-4-6-12/h2-6,8,16H,7,9-11H2,1H3. The van der Waals surface area contributed by atoms with Crippen molar-refractivity contribution in [1.82, 2.24) is 0 Å². The smallest absolute Gasteiger partial charge is 0.230 e. The van der Waals surface area contributed by atoms with Gasteiger partial charge in [-0.05, 0) is 5.56 Å². The number of rotatable bonds is 4. The van der Waals surface area contributed by atoms with Gasteiger partial charge in [0.25, 0.3) is 0 Å². The molecule has 1 N–H and O–H groups in total. The van der Waals surface area contributed by atoms with Gasteiger partial charge in [0, 0.05) is 6.42 Å². The van der Waals surface area contributed by atoms with Gasteiger partial charge >= 0.3 is 0 Å². The molecule has 1 unspecified atom stereocenters. The zero-order valence-electron chi connectivity index (χ0n) is 11.0. The van der Waals surface area contributed by atoms with Crippen molar-refractivity contribution >= 4 is 0 Å². The van der Waals surface area contributed by atoms with Gasteiger partial charge in [-0.25, -0.2) is 0 Å². The third kappa shape index (κ3) is 2.01. The molecule has 1 aromatic rings. The first-order valence-electron chi connectivity index (χ1n) is 6.43. The summed E-state index contributed by atoms with van der Waals surface area (Å²) >= 11 is 0. The summed E-state index contributed by atoms with van der Waals surface area (Å²) in [6, 6.07) is 9.91. The maximum Gasteiger partial charge on any atom is 0.230 e. The van der Waals surface area contributed by atoms with Crippen molar-refractivity contribution in [1.29, 1.82) is 0 Å². The van der Waals surface area contributed by atoms with E-state index in [1.807, 2.05) is 37.3 Å². The average molecular weight is 262 g/mol. The Balaban J connectivity index is 1.92. The van der Waals surface area contributed by atoms with Crippen LogP contribution in [0, 0.1) is 5.41 Å². The monoisotopic (exact) mass is 262 g/mol. The minimum absolute atomic E-state index is 0.170. The number of ether oxygens (including phenoxy) is 3.